The van der Waals surface area contributed by atoms with Crippen molar-refractivity contribution in [1.29, 1.82) is 0 Å². The normalized spacial score (nSPS) is 33.4. The lowest BCUT2D eigenvalue weighted by Gasteiger charge is -2.49. The second kappa shape index (κ2) is 14.3. The lowest BCUT2D eigenvalue weighted by molar-refractivity contribution is -0.240. The van der Waals surface area contributed by atoms with Crippen molar-refractivity contribution in [3.05, 3.63) is 58.1 Å². The van der Waals surface area contributed by atoms with Gasteiger partial charge in [-0.15, -0.1) is 0 Å². The maximum atomic E-state index is 13.6. The highest BCUT2D eigenvalue weighted by atomic mass is 35.5. The number of nitrogens with one attached hydrogen (secondary N) is 1. The van der Waals surface area contributed by atoms with Gasteiger partial charge in [0.1, 0.15) is 5.75 Å². The first-order valence-electron chi connectivity index (χ1n) is 18.3. The number of sulfonamides is 1. The molecule has 5 aliphatic rings. The SMILES string of the molecule is CC[C@@H]1CCCC[C@@H]([C@H]2OC[C@H](N(C)C)CO2)C2CC[C@H]2CN2C[C@@]3(CCCc4cc(Cl)ccc43)COc3ccc(cc32)C(=O)NS1(=O)=O. The number of hydrogen-bond acceptors (Lipinski definition) is 8. The third kappa shape index (κ3) is 7.10. The molecule has 1 spiro atoms. The third-order valence-electron chi connectivity index (χ3n) is 12.2. The molecule has 1 saturated carbocycles. The average Bonchev–Trinajstić information content (AvgIpc) is 3.22. The van der Waals surface area contributed by atoms with Crippen LogP contribution in [0.3, 0.4) is 0 Å². The summed E-state index contributed by atoms with van der Waals surface area (Å²) in [6.07, 6.45) is 8.53. The van der Waals surface area contributed by atoms with Crippen LogP contribution in [0.1, 0.15) is 86.2 Å². The van der Waals surface area contributed by atoms with Crippen molar-refractivity contribution in [3.63, 3.8) is 0 Å². The Hall–Kier alpha value is -2.37. The lowest BCUT2D eigenvalue weighted by atomic mass is 9.64. The Labute approximate surface area is 297 Å². The number of rotatable bonds is 3. The summed E-state index contributed by atoms with van der Waals surface area (Å²) in [6, 6.07) is 11.9. The van der Waals surface area contributed by atoms with Gasteiger partial charge in [-0.2, -0.15) is 0 Å². The number of halogens is 1. The molecule has 3 aliphatic heterocycles. The van der Waals surface area contributed by atoms with Crippen molar-refractivity contribution in [1.82, 2.24) is 9.62 Å². The largest absolute Gasteiger partial charge is 0.490 e. The predicted molar refractivity (Wildman–Crippen MR) is 192 cm³/mol. The highest BCUT2D eigenvalue weighted by Crippen LogP contribution is 2.49. The molecular formula is C38H52ClN3O6S. The van der Waals surface area contributed by atoms with E-state index in [-0.39, 0.29) is 23.7 Å². The number of amides is 1. The number of anilines is 1. The van der Waals surface area contributed by atoms with E-state index < -0.39 is 21.2 Å². The van der Waals surface area contributed by atoms with Crippen molar-refractivity contribution in [2.45, 2.75) is 94.1 Å². The molecule has 2 fully saturated rings. The Morgan fingerprint density at radius 3 is 2.53 bits per heavy atom. The molecule has 2 aliphatic carbocycles. The summed E-state index contributed by atoms with van der Waals surface area (Å²) in [5.74, 6) is 1.22. The number of carbonyl (C=O) groups excluding carboxylic acids is 1. The van der Waals surface area contributed by atoms with Gasteiger partial charge in [0.25, 0.3) is 5.91 Å². The Morgan fingerprint density at radius 1 is 1.00 bits per heavy atom. The van der Waals surface area contributed by atoms with Gasteiger partial charge in [-0.1, -0.05) is 37.4 Å². The van der Waals surface area contributed by atoms with Crippen molar-refractivity contribution < 1.29 is 27.4 Å². The number of fused-ring (bicyclic) bond motifs is 4. The van der Waals surface area contributed by atoms with E-state index in [2.05, 4.69) is 40.7 Å². The molecule has 1 N–H and O–H groups in total. The van der Waals surface area contributed by atoms with Crippen LogP contribution in [0.2, 0.25) is 5.02 Å². The summed E-state index contributed by atoms with van der Waals surface area (Å²) < 4.78 is 49.0. The fourth-order valence-corrected chi connectivity index (χ4v) is 10.8. The molecular weight excluding hydrogens is 662 g/mol. The molecule has 3 heterocycles. The van der Waals surface area contributed by atoms with E-state index in [1.807, 2.05) is 25.1 Å². The van der Waals surface area contributed by atoms with Gasteiger partial charge in [0.15, 0.2) is 6.29 Å². The number of ether oxygens (including phenoxy) is 3. The fraction of sp³-hybridized carbons (Fsp3) is 0.658. The van der Waals surface area contributed by atoms with Gasteiger partial charge < -0.3 is 24.0 Å². The molecule has 9 nitrogen and oxygen atoms in total. The second-order valence-electron chi connectivity index (χ2n) is 15.4. The summed E-state index contributed by atoms with van der Waals surface area (Å²) in [6.45, 7) is 5.25. The summed E-state index contributed by atoms with van der Waals surface area (Å²) >= 11 is 6.47. The van der Waals surface area contributed by atoms with Gasteiger partial charge in [0.2, 0.25) is 10.0 Å². The van der Waals surface area contributed by atoms with Crippen LogP contribution in [-0.4, -0.2) is 83.8 Å². The maximum absolute atomic E-state index is 13.6. The number of aryl methyl sites for hydroxylation is 1. The predicted octanol–water partition coefficient (Wildman–Crippen LogP) is 6.17. The Kier molecular flexibility index (Phi) is 10.3. The minimum atomic E-state index is -3.87. The number of hydrogen-bond donors (Lipinski definition) is 1. The molecule has 1 unspecified atom stereocenters. The smallest absolute Gasteiger partial charge is 0.264 e. The van der Waals surface area contributed by atoms with E-state index in [1.54, 1.807) is 6.07 Å². The highest BCUT2D eigenvalue weighted by molar-refractivity contribution is 7.90. The molecule has 5 atom stereocenters. The number of benzene rings is 2. The molecule has 2 aromatic carbocycles. The molecule has 1 saturated heterocycles. The van der Waals surface area contributed by atoms with Crippen molar-refractivity contribution in [2.24, 2.45) is 17.8 Å². The summed E-state index contributed by atoms with van der Waals surface area (Å²) in [4.78, 5) is 18.2. The van der Waals surface area contributed by atoms with Gasteiger partial charge in [-0.25, -0.2) is 13.1 Å². The first kappa shape index (κ1) is 35.1. The quantitative estimate of drug-likeness (QED) is 0.404. The van der Waals surface area contributed by atoms with E-state index in [0.717, 1.165) is 80.9 Å². The van der Waals surface area contributed by atoms with E-state index in [1.165, 1.54) is 11.1 Å². The van der Waals surface area contributed by atoms with Crippen LogP contribution in [0.4, 0.5) is 5.69 Å². The Bertz CT molecular complexity index is 1630. The van der Waals surface area contributed by atoms with Crippen LogP contribution in [0.15, 0.2) is 36.4 Å². The van der Waals surface area contributed by atoms with Crippen LogP contribution in [0.25, 0.3) is 0 Å². The molecule has 7 rings (SSSR count). The number of carbonyl (C=O) groups is 1. The van der Waals surface area contributed by atoms with Gasteiger partial charge in [0, 0.05) is 35.0 Å². The fourth-order valence-electron chi connectivity index (χ4n) is 9.13. The zero-order valence-electron chi connectivity index (χ0n) is 29.2. The molecule has 11 heteroatoms. The number of likely N-dealkylation sites (N-methyl/N-ethyl adjacent to an activating group) is 1. The van der Waals surface area contributed by atoms with Crippen LogP contribution in [-0.2, 0) is 31.3 Å². The van der Waals surface area contributed by atoms with E-state index in [0.29, 0.717) is 50.1 Å². The Morgan fingerprint density at radius 2 is 1.80 bits per heavy atom. The monoisotopic (exact) mass is 713 g/mol. The van der Waals surface area contributed by atoms with Crippen molar-refractivity contribution in [3.8, 4) is 5.75 Å². The molecule has 49 heavy (non-hydrogen) atoms. The van der Waals surface area contributed by atoms with E-state index >= 15 is 0 Å². The number of nitrogens with zero attached hydrogens (tertiary/aromatic N) is 2. The molecule has 2 aromatic rings. The van der Waals surface area contributed by atoms with Gasteiger partial charge in [-0.05, 0) is 119 Å². The lowest BCUT2D eigenvalue weighted by Crippen LogP contribution is -2.52. The molecule has 2 bridgehead atoms. The van der Waals surface area contributed by atoms with Gasteiger partial charge >= 0.3 is 0 Å². The zero-order valence-corrected chi connectivity index (χ0v) is 30.7. The average molecular weight is 714 g/mol. The summed E-state index contributed by atoms with van der Waals surface area (Å²) in [5.41, 5.74) is 3.51. The molecule has 268 valence electrons. The van der Waals surface area contributed by atoms with E-state index in [9.17, 15) is 13.2 Å². The zero-order chi connectivity index (χ0) is 34.3. The first-order valence-corrected chi connectivity index (χ1v) is 20.3. The molecule has 0 aromatic heterocycles. The molecule has 1 amide bonds. The minimum absolute atomic E-state index is 0.228. The van der Waals surface area contributed by atoms with Crippen molar-refractivity contribution >= 4 is 33.2 Å². The highest BCUT2D eigenvalue weighted by Gasteiger charge is 2.46. The summed E-state index contributed by atoms with van der Waals surface area (Å²) in [7, 11) is 0.259. The van der Waals surface area contributed by atoms with Gasteiger partial charge in [0.05, 0.1) is 36.8 Å². The summed E-state index contributed by atoms with van der Waals surface area (Å²) in [5, 5.41) is 0.115. The van der Waals surface area contributed by atoms with E-state index in [4.69, 9.17) is 25.8 Å². The Balaban J connectivity index is 1.26. The van der Waals surface area contributed by atoms with Crippen LogP contribution in [0.5, 0.6) is 5.75 Å². The maximum Gasteiger partial charge on any atom is 0.264 e. The van der Waals surface area contributed by atoms with Crippen molar-refractivity contribution in [2.75, 3.05) is 51.9 Å². The van der Waals surface area contributed by atoms with Crippen LogP contribution < -0.4 is 14.4 Å². The second-order valence-corrected chi connectivity index (χ2v) is 17.8. The van der Waals surface area contributed by atoms with Crippen LogP contribution in [0, 0.1) is 17.8 Å². The van der Waals surface area contributed by atoms with Gasteiger partial charge in [-0.3, -0.25) is 4.79 Å². The molecule has 0 radical (unpaired) electrons. The minimum Gasteiger partial charge on any atom is -0.490 e. The topological polar surface area (TPSA) is 97.4 Å². The standard InChI is InChI=1S/C38H52ClN3O6S/c1-4-30-9-5-6-10-32(37-46-21-29(22-47-37)41(2)3)31-14-11-27(31)20-42-23-38(17-7-8-25-18-28(39)13-15-33(25)38)24-48-35-16-12-26(19-34(35)42)36(43)40-49(30,44)45/h12-13,15-16,18-19,27,29-32,37H,4-11,14,17,20-24H2,1-3H3,(H,40,43)/t27-,29-,30+,31?,32+,37-,38-/m0/s1. The third-order valence-corrected chi connectivity index (χ3v) is 14.4. The first-order chi connectivity index (χ1) is 23.6. The van der Waals surface area contributed by atoms with Crippen LogP contribution >= 0.6 is 11.6 Å².